The first kappa shape index (κ1) is 24.3. The normalized spacial score (nSPS) is 21.2. The SMILES string of the molecule is CS(=O)(=O)c1c([C@H]2CC3CC[C@@H](C2)N3C(N)=O)nc2c(-c3ccc(-c4ccc(F)cc4)nc3)cnn2c1N. The molecule has 0 aliphatic carbocycles. The Bertz CT molecular complexity index is 1660. The van der Waals surface area contributed by atoms with E-state index in [0.717, 1.165) is 30.2 Å². The number of nitrogens with zero attached hydrogens (tertiary/aromatic N) is 5. The van der Waals surface area contributed by atoms with Gasteiger partial charge in [0, 0.05) is 47.1 Å². The number of sulfone groups is 1. The van der Waals surface area contributed by atoms with Gasteiger partial charge >= 0.3 is 6.03 Å². The van der Waals surface area contributed by atoms with E-state index >= 15 is 0 Å². The molecule has 196 valence electrons. The van der Waals surface area contributed by atoms with Crippen LogP contribution in [0.5, 0.6) is 0 Å². The largest absolute Gasteiger partial charge is 0.382 e. The van der Waals surface area contributed by atoms with Gasteiger partial charge in [-0.05, 0) is 56.0 Å². The molecule has 0 spiro atoms. The fraction of sp³-hybridized carbons (Fsp3) is 0.308. The van der Waals surface area contributed by atoms with Gasteiger partial charge in [0.25, 0.3) is 0 Å². The molecule has 4 N–H and O–H groups in total. The lowest BCUT2D eigenvalue weighted by atomic mass is 9.88. The second kappa shape index (κ2) is 8.76. The Balaban J connectivity index is 1.44. The Labute approximate surface area is 218 Å². The number of amides is 2. The molecule has 2 fully saturated rings. The highest BCUT2D eigenvalue weighted by Gasteiger charge is 2.44. The molecule has 3 aromatic heterocycles. The van der Waals surface area contributed by atoms with E-state index in [1.807, 2.05) is 12.1 Å². The number of hydrogen-bond acceptors (Lipinski definition) is 7. The second-order valence-electron chi connectivity index (χ2n) is 10.0. The minimum Gasteiger partial charge on any atom is -0.382 e. The van der Waals surface area contributed by atoms with Gasteiger partial charge in [-0.25, -0.2) is 22.6 Å². The molecule has 10 nitrogen and oxygen atoms in total. The van der Waals surface area contributed by atoms with Crippen molar-refractivity contribution < 1.29 is 17.6 Å². The van der Waals surface area contributed by atoms with E-state index in [1.54, 1.807) is 29.4 Å². The van der Waals surface area contributed by atoms with Crippen LogP contribution in [-0.2, 0) is 9.84 Å². The van der Waals surface area contributed by atoms with E-state index in [-0.39, 0.29) is 34.5 Å². The summed E-state index contributed by atoms with van der Waals surface area (Å²) in [6.07, 6.45) is 7.13. The highest BCUT2D eigenvalue weighted by molar-refractivity contribution is 7.91. The van der Waals surface area contributed by atoms with E-state index < -0.39 is 15.9 Å². The van der Waals surface area contributed by atoms with Crippen LogP contribution >= 0.6 is 0 Å². The van der Waals surface area contributed by atoms with E-state index in [2.05, 4.69) is 10.1 Å². The zero-order valence-corrected chi connectivity index (χ0v) is 21.4. The summed E-state index contributed by atoms with van der Waals surface area (Å²) in [5, 5.41) is 4.35. The lowest BCUT2D eigenvalue weighted by molar-refractivity contribution is 0.144. The molecule has 2 amide bonds. The number of pyridine rings is 1. The number of piperidine rings is 1. The van der Waals surface area contributed by atoms with Crippen LogP contribution in [0.4, 0.5) is 15.0 Å². The van der Waals surface area contributed by atoms with Crippen molar-refractivity contribution in [3.05, 3.63) is 60.3 Å². The molecule has 0 saturated carbocycles. The number of fused-ring (bicyclic) bond motifs is 3. The van der Waals surface area contributed by atoms with Gasteiger partial charge in [0.05, 0.1) is 17.6 Å². The molecule has 2 bridgehead atoms. The second-order valence-corrected chi connectivity index (χ2v) is 12.0. The summed E-state index contributed by atoms with van der Waals surface area (Å²) in [6.45, 7) is 0. The van der Waals surface area contributed by atoms with Gasteiger partial charge in [0.2, 0.25) is 0 Å². The minimum absolute atomic E-state index is 0.000630. The summed E-state index contributed by atoms with van der Waals surface area (Å²) in [5.74, 6) is -0.529. The third-order valence-electron chi connectivity index (χ3n) is 7.62. The van der Waals surface area contributed by atoms with Gasteiger partial charge in [-0.1, -0.05) is 6.07 Å². The van der Waals surface area contributed by atoms with Crippen LogP contribution < -0.4 is 11.5 Å². The molecule has 6 rings (SSSR count). The molecule has 2 saturated heterocycles. The molecule has 1 aromatic carbocycles. The van der Waals surface area contributed by atoms with Crippen LogP contribution in [0.1, 0.15) is 37.3 Å². The Kier molecular flexibility index (Phi) is 5.60. The maximum Gasteiger partial charge on any atom is 0.315 e. The lowest BCUT2D eigenvalue weighted by Gasteiger charge is -2.38. The van der Waals surface area contributed by atoms with Gasteiger partial charge < -0.3 is 16.4 Å². The molecule has 5 heterocycles. The summed E-state index contributed by atoms with van der Waals surface area (Å²) >= 11 is 0. The van der Waals surface area contributed by atoms with Crippen LogP contribution in [-0.4, -0.2) is 57.3 Å². The third kappa shape index (κ3) is 3.95. The fourth-order valence-electron chi connectivity index (χ4n) is 5.98. The standard InChI is InChI=1S/C26H26FN7O3S/c1-38(36,37)23-22(16-10-18-7-8-19(11-16)33(18)26(29)35)32-25-20(13-31-34(25)24(23)28)15-4-9-21(30-12-15)14-2-5-17(27)6-3-14/h2-6,9,12-13,16,18-19H,7-8,10-11,28H2,1H3,(H2,29,35)/t16-,18+,19?/m1/s1. The number of carbonyl (C=O) groups is 1. The third-order valence-corrected chi connectivity index (χ3v) is 8.78. The zero-order chi connectivity index (χ0) is 26.8. The van der Waals surface area contributed by atoms with Crippen LogP contribution in [0.2, 0.25) is 0 Å². The number of benzene rings is 1. The van der Waals surface area contributed by atoms with Gasteiger partial charge in [-0.15, -0.1) is 0 Å². The van der Waals surface area contributed by atoms with Crippen molar-refractivity contribution >= 4 is 27.3 Å². The molecule has 2 aliphatic rings. The molecule has 3 atom stereocenters. The van der Waals surface area contributed by atoms with Crippen LogP contribution in [0, 0.1) is 5.82 Å². The number of aromatic nitrogens is 4. The van der Waals surface area contributed by atoms with Crippen LogP contribution in [0.3, 0.4) is 0 Å². The Morgan fingerprint density at radius 2 is 1.68 bits per heavy atom. The first-order valence-corrected chi connectivity index (χ1v) is 14.2. The van der Waals surface area contributed by atoms with Gasteiger partial charge in [-0.3, -0.25) is 4.98 Å². The maximum atomic E-state index is 13.3. The van der Waals surface area contributed by atoms with Crippen molar-refractivity contribution in [2.45, 2.75) is 48.6 Å². The van der Waals surface area contributed by atoms with Gasteiger partial charge in [-0.2, -0.15) is 9.61 Å². The van der Waals surface area contributed by atoms with E-state index in [9.17, 15) is 17.6 Å². The summed E-state index contributed by atoms with van der Waals surface area (Å²) < 4.78 is 40.4. The maximum absolute atomic E-state index is 13.3. The van der Waals surface area contributed by atoms with Crippen molar-refractivity contribution in [2.75, 3.05) is 12.0 Å². The number of urea groups is 1. The molecule has 2 aliphatic heterocycles. The number of nitrogen functional groups attached to an aromatic ring is 1. The molecule has 1 unspecified atom stereocenters. The van der Waals surface area contributed by atoms with Crippen molar-refractivity contribution in [3.63, 3.8) is 0 Å². The summed E-state index contributed by atoms with van der Waals surface area (Å²) in [4.78, 5) is 23.1. The summed E-state index contributed by atoms with van der Waals surface area (Å²) in [5.41, 5.74) is 15.7. The topological polar surface area (TPSA) is 150 Å². The van der Waals surface area contributed by atoms with E-state index in [0.29, 0.717) is 35.4 Å². The number of nitrogens with two attached hydrogens (primary N) is 2. The lowest BCUT2D eigenvalue weighted by Crippen LogP contribution is -2.48. The van der Waals surface area contributed by atoms with Gasteiger partial charge in [0.15, 0.2) is 15.5 Å². The zero-order valence-electron chi connectivity index (χ0n) is 20.6. The quantitative estimate of drug-likeness (QED) is 0.407. The van der Waals surface area contributed by atoms with Crippen molar-refractivity contribution in [1.29, 1.82) is 0 Å². The summed E-state index contributed by atoms with van der Waals surface area (Å²) in [6, 6.07) is 9.18. The fourth-order valence-corrected chi connectivity index (χ4v) is 7.04. The molecular weight excluding hydrogens is 509 g/mol. The Morgan fingerprint density at radius 3 is 2.26 bits per heavy atom. The predicted octanol–water partition coefficient (Wildman–Crippen LogP) is 3.37. The Morgan fingerprint density at radius 1 is 1.03 bits per heavy atom. The van der Waals surface area contributed by atoms with Gasteiger partial charge in [0.1, 0.15) is 16.5 Å². The average Bonchev–Trinajstić information content (AvgIpc) is 3.42. The first-order valence-electron chi connectivity index (χ1n) is 12.3. The number of hydrogen-bond donors (Lipinski definition) is 2. The first-order chi connectivity index (χ1) is 18.1. The predicted molar refractivity (Wildman–Crippen MR) is 139 cm³/mol. The molecule has 0 radical (unpaired) electrons. The number of halogens is 1. The Hall–Kier alpha value is -4.06. The van der Waals surface area contributed by atoms with E-state index in [1.165, 1.54) is 16.6 Å². The van der Waals surface area contributed by atoms with Crippen molar-refractivity contribution in [3.8, 4) is 22.4 Å². The molecule has 4 aromatic rings. The average molecular weight is 536 g/mol. The number of primary amides is 1. The van der Waals surface area contributed by atoms with E-state index in [4.69, 9.17) is 16.5 Å². The van der Waals surface area contributed by atoms with Crippen molar-refractivity contribution in [1.82, 2.24) is 24.5 Å². The summed E-state index contributed by atoms with van der Waals surface area (Å²) in [7, 11) is -3.74. The van der Waals surface area contributed by atoms with Crippen molar-refractivity contribution in [2.24, 2.45) is 5.73 Å². The molecule has 38 heavy (non-hydrogen) atoms. The monoisotopic (exact) mass is 535 g/mol. The molecule has 12 heteroatoms. The number of anilines is 1. The highest BCUT2D eigenvalue weighted by atomic mass is 32.2. The molecular formula is C26H26FN7O3S. The minimum atomic E-state index is -3.74. The van der Waals surface area contributed by atoms with Crippen LogP contribution in [0.15, 0.2) is 53.7 Å². The highest BCUT2D eigenvalue weighted by Crippen LogP contribution is 2.45. The number of carbonyl (C=O) groups excluding carboxylic acids is 1. The number of rotatable bonds is 4. The van der Waals surface area contributed by atoms with Crippen LogP contribution in [0.25, 0.3) is 28.0 Å². The smallest absolute Gasteiger partial charge is 0.315 e.